The fraction of sp³-hybridized carbons (Fsp3) is 0.393. The van der Waals surface area contributed by atoms with E-state index < -0.39 is 40.8 Å². The smallest absolute Gasteiger partial charge is 0.276 e. The molecule has 212 valence electrons. The number of amides is 1. The van der Waals surface area contributed by atoms with E-state index in [1.54, 1.807) is 18.5 Å². The molecule has 1 aliphatic rings. The first-order chi connectivity index (χ1) is 19.0. The van der Waals surface area contributed by atoms with E-state index >= 15 is 0 Å². The average molecular weight is 575 g/mol. The Morgan fingerprint density at radius 2 is 1.85 bits per heavy atom. The van der Waals surface area contributed by atoms with Crippen molar-refractivity contribution in [2.24, 2.45) is 5.92 Å². The van der Waals surface area contributed by atoms with Crippen molar-refractivity contribution in [3.05, 3.63) is 91.8 Å². The standard InChI is InChI=1S/C28H29ClF2N4O5/c1-16-23(13-32-34(16)22-8-6-19(7-9-22)17(2)36)28(38)33(14-18-10-20(30)12-21(31)11-18)15-26(37)27-24(29)4-3-5-25(27)35(39)40/h3-5,10-13,19,22,26,37H,6-9,14-15H2,1-2H3/t19-,22-,26?. The lowest BCUT2D eigenvalue weighted by atomic mass is 9.84. The zero-order chi connectivity index (χ0) is 29.1. The monoisotopic (exact) mass is 574 g/mol. The summed E-state index contributed by atoms with van der Waals surface area (Å²) >= 11 is 6.19. The molecule has 2 aromatic carbocycles. The van der Waals surface area contributed by atoms with Crippen LogP contribution in [0.3, 0.4) is 0 Å². The van der Waals surface area contributed by atoms with Crippen LogP contribution in [0.2, 0.25) is 5.02 Å². The molecule has 1 amide bonds. The number of rotatable bonds is 9. The van der Waals surface area contributed by atoms with Gasteiger partial charge in [-0.3, -0.25) is 24.4 Å². The van der Waals surface area contributed by atoms with Crippen molar-refractivity contribution in [1.29, 1.82) is 0 Å². The van der Waals surface area contributed by atoms with E-state index in [1.165, 1.54) is 24.4 Å². The summed E-state index contributed by atoms with van der Waals surface area (Å²) in [6, 6.07) is 6.78. The minimum atomic E-state index is -1.58. The molecule has 40 heavy (non-hydrogen) atoms. The number of nitro groups is 1. The molecule has 9 nitrogen and oxygen atoms in total. The van der Waals surface area contributed by atoms with Crippen LogP contribution in [0, 0.1) is 34.6 Å². The Morgan fingerprint density at radius 3 is 2.45 bits per heavy atom. The van der Waals surface area contributed by atoms with Gasteiger partial charge in [0.2, 0.25) is 0 Å². The molecule has 1 fully saturated rings. The highest BCUT2D eigenvalue weighted by Gasteiger charge is 2.31. The van der Waals surface area contributed by atoms with E-state index in [-0.39, 0.29) is 46.0 Å². The van der Waals surface area contributed by atoms with Crippen LogP contribution in [0.25, 0.3) is 0 Å². The Morgan fingerprint density at radius 1 is 1.20 bits per heavy atom. The molecule has 0 bridgehead atoms. The molecule has 0 aliphatic heterocycles. The second-order valence-electron chi connectivity index (χ2n) is 10.1. The number of carbonyl (C=O) groups is 2. The molecular weight excluding hydrogens is 546 g/mol. The number of ketones is 1. The lowest BCUT2D eigenvalue weighted by molar-refractivity contribution is -0.386. The first kappa shape index (κ1) is 29.3. The van der Waals surface area contributed by atoms with Crippen LogP contribution in [0.5, 0.6) is 0 Å². The summed E-state index contributed by atoms with van der Waals surface area (Å²) in [6.07, 6.45) is 2.72. The Hall–Kier alpha value is -3.70. The Balaban J connectivity index is 1.65. The number of aliphatic hydroxyl groups is 1. The van der Waals surface area contributed by atoms with Gasteiger partial charge in [0.15, 0.2) is 0 Å². The molecule has 1 heterocycles. The van der Waals surface area contributed by atoms with Crippen LogP contribution in [0.1, 0.15) is 71.9 Å². The number of hydrogen-bond donors (Lipinski definition) is 1. The fourth-order valence-corrected chi connectivity index (χ4v) is 5.65. The first-order valence-electron chi connectivity index (χ1n) is 12.9. The molecule has 12 heteroatoms. The summed E-state index contributed by atoms with van der Waals surface area (Å²) in [6.45, 7) is 2.57. The normalized spacial score (nSPS) is 17.9. The molecule has 1 atom stereocenters. The van der Waals surface area contributed by atoms with E-state index in [0.717, 1.165) is 42.7 Å². The maximum atomic E-state index is 14.0. The van der Waals surface area contributed by atoms with Gasteiger partial charge in [-0.15, -0.1) is 0 Å². The predicted octanol–water partition coefficient (Wildman–Crippen LogP) is 5.73. The van der Waals surface area contributed by atoms with Crippen LogP contribution in [-0.4, -0.2) is 42.9 Å². The predicted molar refractivity (Wildman–Crippen MR) is 143 cm³/mol. The van der Waals surface area contributed by atoms with Gasteiger partial charge in [0.05, 0.1) is 39.9 Å². The lowest BCUT2D eigenvalue weighted by Crippen LogP contribution is -2.35. The number of benzene rings is 2. The molecule has 1 unspecified atom stereocenters. The van der Waals surface area contributed by atoms with Crippen LogP contribution < -0.4 is 0 Å². The van der Waals surface area contributed by atoms with Crippen LogP contribution in [-0.2, 0) is 11.3 Å². The number of aromatic nitrogens is 2. The fourth-order valence-electron chi connectivity index (χ4n) is 5.36. The number of Topliss-reactive ketones (excluding diaryl/α,β-unsaturated/α-hetero) is 1. The zero-order valence-corrected chi connectivity index (χ0v) is 22.8. The summed E-state index contributed by atoms with van der Waals surface area (Å²) in [5.41, 5.74) is 0.303. The van der Waals surface area contributed by atoms with Gasteiger partial charge in [-0.1, -0.05) is 17.7 Å². The van der Waals surface area contributed by atoms with E-state index in [2.05, 4.69) is 5.10 Å². The van der Waals surface area contributed by atoms with Crippen molar-refractivity contribution in [2.75, 3.05) is 6.54 Å². The molecule has 1 saturated carbocycles. The van der Waals surface area contributed by atoms with E-state index in [9.17, 15) is 33.6 Å². The number of nitro benzene ring substituents is 1. The Labute approximate surface area is 234 Å². The van der Waals surface area contributed by atoms with Crippen molar-refractivity contribution in [2.45, 2.75) is 58.2 Å². The highest BCUT2D eigenvalue weighted by Crippen LogP contribution is 2.35. The van der Waals surface area contributed by atoms with Gasteiger partial charge in [-0.05, 0) is 63.3 Å². The number of hydrogen-bond acceptors (Lipinski definition) is 6. The van der Waals surface area contributed by atoms with Gasteiger partial charge >= 0.3 is 0 Å². The summed E-state index contributed by atoms with van der Waals surface area (Å²) in [5, 5.41) is 27.0. The van der Waals surface area contributed by atoms with Gasteiger partial charge < -0.3 is 10.0 Å². The second-order valence-corrected chi connectivity index (χ2v) is 10.5. The van der Waals surface area contributed by atoms with Crippen LogP contribution in [0.15, 0.2) is 42.6 Å². The quantitative estimate of drug-likeness (QED) is 0.258. The van der Waals surface area contributed by atoms with Gasteiger partial charge in [0.25, 0.3) is 11.6 Å². The SMILES string of the molecule is Cc1c(C(=O)N(Cc2cc(F)cc(F)c2)CC(O)c2c(Cl)cccc2[N+](=O)[O-])cnn1[C@H]1CC[C@H](C(C)=O)CC1. The molecule has 4 rings (SSSR count). The maximum Gasteiger partial charge on any atom is 0.276 e. The lowest BCUT2D eigenvalue weighted by Gasteiger charge is -2.28. The molecular formula is C28H29ClF2N4O5. The number of aliphatic hydroxyl groups excluding tert-OH is 1. The summed E-state index contributed by atoms with van der Waals surface area (Å²) in [4.78, 5) is 37.6. The van der Waals surface area contributed by atoms with Gasteiger partial charge in [-0.2, -0.15) is 5.10 Å². The molecule has 0 saturated heterocycles. The third-order valence-corrected chi connectivity index (χ3v) is 7.76. The third kappa shape index (κ3) is 6.37. The maximum absolute atomic E-state index is 14.0. The largest absolute Gasteiger partial charge is 0.386 e. The minimum absolute atomic E-state index is 0.000666. The highest BCUT2D eigenvalue weighted by atomic mass is 35.5. The van der Waals surface area contributed by atoms with Crippen molar-refractivity contribution in [1.82, 2.24) is 14.7 Å². The Kier molecular flexibility index (Phi) is 8.95. The number of nitrogens with zero attached hydrogens (tertiary/aromatic N) is 4. The molecule has 3 aromatic rings. The molecule has 1 N–H and O–H groups in total. The first-order valence-corrected chi connectivity index (χ1v) is 13.2. The topological polar surface area (TPSA) is 119 Å². The molecule has 1 aromatic heterocycles. The molecule has 0 radical (unpaired) electrons. The van der Waals surface area contributed by atoms with Crippen molar-refractivity contribution in [3.8, 4) is 0 Å². The van der Waals surface area contributed by atoms with E-state index in [1.807, 2.05) is 0 Å². The average Bonchev–Trinajstić information content (AvgIpc) is 3.28. The summed E-state index contributed by atoms with van der Waals surface area (Å²) in [7, 11) is 0. The second kappa shape index (κ2) is 12.2. The highest BCUT2D eigenvalue weighted by molar-refractivity contribution is 6.31. The summed E-state index contributed by atoms with van der Waals surface area (Å²) in [5.74, 6) is -2.08. The van der Waals surface area contributed by atoms with Crippen LogP contribution >= 0.6 is 11.6 Å². The molecule has 0 spiro atoms. The van der Waals surface area contributed by atoms with Crippen molar-refractivity contribution < 1.29 is 28.4 Å². The molecule has 1 aliphatic carbocycles. The van der Waals surface area contributed by atoms with Gasteiger partial charge in [-0.25, -0.2) is 8.78 Å². The van der Waals surface area contributed by atoms with Crippen molar-refractivity contribution >= 4 is 29.0 Å². The summed E-state index contributed by atoms with van der Waals surface area (Å²) < 4.78 is 29.7. The van der Waals surface area contributed by atoms with E-state index in [0.29, 0.717) is 11.8 Å². The van der Waals surface area contributed by atoms with Gasteiger partial charge in [0.1, 0.15) is 23.5 Å². The Bertz CT molecular complexity index is 1420. The number of halogens is 3. The van der Waals surface area contributed by atoms with Gasteiger partial charge in [0, 0.05) is 30.3 Å². The minimum Gasteiger partial charge on any atom is -0.386 e. The zero-order valence-electron chi connectivity index (χ0n) is 22.0. The third-order valence-electron chi connectivity index (χ3n) is 7.43. The number of carbonyl (C=O) groups excluding carboxylic acids is 2. The van der Waals surface area contributed by atoms with Crippen LogP contribution in [0.4, 0.5) is 14.5 Å². The van der Waals surface area contributed by atoms with Crippen molar-refractivity contribution in [3.63, 3.8) is 0 Å². The van der Waals surface area contributed by atoms with E-state index in [4.69, 9.17) is 11.6 Å².